The van der Waals surface area contributed by atoms with Gasteiger partial charge in [-0.15, -0.1) is 0 Å². The van der Waals surface area contributed by atoms with Crippen LogP contribution in [0.1, 0.15) is 44.5 Å². The lowest BCUT2D eigenvalue weighted by molar-refractivity contribution is 1.17. The molecule has 0 aliphatic rings. The molecule has 2 rings (SSSR count). The Bertz CT molecular complexity index is 658. The third-order valence-electron chi connectivity index (χ3n) is 5.47. The second kappa shape index (κ2) is 6.13. The molecule has 0 spiro atoms. The highest BCUT2D eigenvalue weighted by Gasteiger charge is 2.21. The standard InChI is InChI=1S/C20H24Br2/c1-9-10(2)13(5)17(14(6)11(9)3)18-19(21)15(7)12(4)16(8)20(18)22/h1-8H3. The number of halogens is 2. The predicted molar refractivity (Wildman–Crippen MR) is 105 cm³/mol. The quantitative estimate of drug-likeness (QED) is 0.449. The lowest BCUT2D eigenvalue weighted by Gasteiger charge is -2.23. The molecule has 0 radical (unpaired) electrons. The van der Waals surface area contributed by atoms with Crippen molar-refractivity contribution in [3.63, 3.8) is 0 Å². The Balaban J connectivity index is 3.03. The van der Waals surface area contributed by atoms with E-state index in [4.69, 9.17) is 0 Å². The molecule has 0 aliphatic carbocycles. The first-order valence-corrected chi connectivity index (χ1v) is 9.21. The molecule has 0 aliphatic heterocycles. The van der Waals surface area contributed by atoms with E-state index in [1.807, 2.05) is 0 Å². The van der Waals surface area contributed by atoms with E-state index in [-0.39, 0.29) is 0 Å². The van der Waals surface area contributed by atoms with Gasteiger partial charge in [-0.1, -0.05) is 0 Å². The average Bonchev–Trinajstić information content (AvgIpc) is 2.50. The monoisotopic (exact) mass is 422 g/mol. The molecule has 0 fully saturated rings. The Morgan fingerprint density at radius 1 is 0.364 bits per heavy atom. The van der Waals surface area contributed by atoms with Crippen molar-refractivity contribution in [3.05, 3.63) is 53.5 Å². The Morgan fingerprint density at radius 2 is 0.636 bits per heavy atom. The van der Waals surface area contributed by atoms with Crippen molar-refractivity contribution < 1.29 is 0 Å². The summed E-state index contributed by atoms with van der Waals surface area (Å²) in [7, 11) is 0. The van der Waals surface area contributed by atoms with Gasteiger partial charge in [0.1, 0.15) is 0 Å². The van der Waals surface area contributed by atoms with Crippen molar-refractivity contribution in [2.24, 2.45) is 0 Å². The molecule has 0 heterocycles. The first kappa shape index (κ1) is 17.7. The Kier molecular flexibility index (Phi) is 4.94. The lowest BCUT2D eigenvalue weighted by atomic mass is 9.85. The summed E-state index contributed by atoms with van der Waals surface area (Å²) in [6.45, 7) is 17.8. The van der Waals surface area contributed by atoms with Crippen molar-refractivity contribution in [2.45, 2.75) is 55.4 Å². The summed E-state index contributed by atoms with van der Waals surface area (Å²) in [4.78, 5) is 0. The molecule has 0 unspecified atom stereocenters. The molecule has 0 saturated carbocycles. The van der Waals surface area contributed by atoms with E-state index < -0.39 is 0 Å². The van der Waals surface area contributed by atoms with Crippen LogP contribution >= 0.6 is 31.9 Å². The van der Waals surface area contributed by atoms with Crippen LogP contribution in [0.4, 0.5) is 0 Å². The average molecular weight is 424 g/mol. The number of benzene rings is 2. The van der Waals surface area contributed by atoms with Gasteiger partial charge in [0.2, 0.25) is 0 Å². The van der Waals surface area contributed by atoms with Gasteiger partial charge in [0.05, 0.1) is 0 Å². The third kappa shape index (κ3) is 2.49. The van der Waals surface area contributed by atoms with E-state index in [2.05, 4.69) is 87.2 Å². The minimum Gasteiger partial charge on any atom is -0.0498 e. The fourth-order valence-electron chi connectivity index (χ4n) is 3.18. The van der Waals surface area contributed by atoms with Gasteiger partial charge in [-0.2, -0.15) is 0 Å². The zero-order valence-corrected chi connectivity index (χ0v) is 17.9. The van der Waals surface area contributed by atoms with Crippen LogP contribution in [0.25, 0.3) is 11.1 Å². The summed E-state index contributed by atoms with van der Waals surface area (Å²) in [6.07, 6.45) is 0. The molecule has 0 amide bonds. The van der Waals surface area contributed by atoms with Crippen LogP contribution in [0.15, 0.2) is 8.95 Å². The van der Waals surface area contributed by atoms with Gasteiger partial charge in [0.25, 0.3) is 0 Å². The van der Waals surface area contributed by atoms with Crippen molar-refractivity contribution in [1.29, 1.82) is 0 Å². The molecule has 2 heteroatoms. The van der Waals surface area contributed by atoms with Gasteiger partial charge >= 0.3 is 0 Å². The Morgan fingerprint density at radius 3 is 1.00 bits per heavy atom. The lowest BCUT2D eigenvalue weighted by Crippen LogP contribution is -2.02. The van der Waals surface area contributed by atoms with Crippen molar-refractivity contribution in [2.75, 3.05) is 0 Å². The molecule has 0 saturated heterocycles. The van der Waals surface area contributed by atoms with Gasteiger partial charge in [0, 0.05) is 14.5 Å². The van der Waals surface area contributed by atoms with Crippen molar-refractivity contribution in [1.82, 2.24) is 0 Å². The second-order valence-corrected chi connectivity index (χ2v) is 7.96. The van der Waals surface area contributed by atoms with E-state index in [1.165, 1.54) is 64.6 Å². The molecular weight excluding hydrogens is 400 g/mol. The van der Waals surface area contributed by atoms with E-state index in [0.717, 1.165) is 0 Å². The SMILES string of the molecule is Cc1c(C)c(C)c(-c2c(Br)c(C)c(C)c(C)c2Br)c(C)c1C. The molecule has 0 atom stereocenters. The van der Waals surface area contributed by atoms with E-state index >= 15 is 0 Å². The maximum Gasteiger partial charge on any atom is 0.0297 e. The zero-order chi connectivity index (χ0) is 16.9. The van der Waals surface area contributed by atoms with Crippen LogP contribution in [0.3, 0.4) is 0 Å². The second-order valence-electron chi connectivity index (χ2n) is 6.38. The minimum atomic E-state index is 1.20. The van der Waals surface area contributed by atoms with Gasteiger partial charge in [0.15, 0.2) is 0 Å². The van der Waals surface area contributed by atoms with Gasteiger partial charge in [-0.3, -0.25) is 0 Å². The van der Waals surface area contributed by atoms with Gasteiger partial charge in [-0.25, -0.2) is 0 Å². The Labute approximate surface area is 151 Å². The molecule has 118 valence electrons. The van der Waals surface area contributed by atoms with Crippen LogP contribution in [0.5, 0.6) is 0 Å². The van der Waals surface area contributed by atoms with E-state index in [0.29, 0.717) is 0 Å². The highest BCUT2D eigenvalue weighted by molar-refractivity contribution is 9.11. The predicted octanol–water partition coefficient (Wildman–Crippen LogP) is 7.35. The number of hydrogen-bond acceptors (Lipinski definition) is 0. The molecule has 2 aromatic carbocycles. The van der Waals surface area contributed by atoms with Crippen LogP contribution in [-0.4, -0.2) is 0 Å². The molecule has 22 heavy (non-hydrogen) atoms. The normalized spacial score (nSPS) is 11.2. The number of rotatable bonds is 1. The van der Waals surface area contributed by atoms with E-state index in [1.54, 1.807) is 0 Å². The zero-order valence-electron chi connectivity index (χ0n) is 14.8. The van der Waals surface area contributed by atoms with Crippen LogP contribution < -0.4 is 0 Å². The summed E-state index contributed by atoms with van der Waals surface area (Å²) < 4.78 is 2.41. The maximum absolute atomic E-state index is 3.86. The number of hydrogen-bond donors (Lipinski definition) is 0. The molecule has 0 N–H and O–H groups in total. The molecule has 2 aromatic rings. The van der Waals surface area contributed by atoms with Crippen LogP contribution in [0, 0.1) is 55.4 Å². The fourth-order valence-corrected chi connectivity index (χ4v) is 4.83. The fraction of sp³-hybridized carbons (Fsp3) is 0.400. The van der Waals surface area contributed by atoms with Gasteiger partial charge in [-0.05, 0) is 137 Å². The third-order valence-corrected chi connectivity index (χ3v) is 7.45. The summed E-state index contributed by atoms with van der Waals surface area (Å²) in [5, 5.41) is 0. The molecular formula is C20H24Br2. The highest BCUT2D eigenvalue weighted by atomic mass is 79.9. The van der Waals surface area contributed by atoms with Gasteiger partial charge < -0.3 is 0 Å². The summed E-state index contributed by atoms with van der Waals surface area (Å²) in [5.41, 5.74) is 13.6. The first-order valence-electron chi connectivity index (χ1n) is 7.63. The summed E-state index contributed by atoms with van der Waals surface area (Å²) >= 11 is 7.72. The minimum absolute atomic E-state index is 1.20. The molecule has 0 bridgehead atoms. The maximum atomic E-state index is 3.86. The van der Waals surface area contributed by atoms with Crippen LogP contribution in [-0.2, 0) is 0 Å². The van der Waals surface area contributed by atoms with Crippen molar-refractivity contribution >= 4 is 31.9 Å². The van der Waals surface area contributed by atoms with Crippen LogP contribution in [0.2, 0.25) is 0 Å². The van der Waals surface area contributed by atoms with Crippen molar-refractivity contribution in [3.8, 4) is 11.1 Å². The Hall–Kier alpha value is -0.600. The van der Waals surface area contributed by atoms with E-state index in [9.17, 15) is 0 Å². The topological polar surface area (TPSA) is 0 Å². The first-order chi connectivity index (χ1) is 10.1. The summed E-state index contributed by atoms with van der Waals surface area (Å²) in [5.74, 6) is 0. The molecule has 0 nitrogen and oxygen atoms in total. The molecule has 0 aromatic heterocycles. The summed E-state index contributed by atoms with van der Waals surface area (Å²) in [6, 6.07) is 0. The largest absolute Gasteiger partial charge is 0.0498 e. The smallest absolute Gasteiger partial charge is 0.0297 e. The highest BCUT2D eigenvalue weighted by Crippen LogP contribution is 2.45.